The summed E-state index contributed by atoms with van der Waals surface area (Å²) in [6.07, 6.45) is 2.83. The third-order valence-corrected chi connectivity index (χ3v) is 4.95. The normalized spacial score (nSPS) is 15.4. The van der Waals surface area contributed by atoms with E-state index >= 15 is 0 Å². The lowest BCUT2D eigenvalue weighted by Gasteiger charge is -2.31. The Balaban J connectivity index is 1.53. The molecule has 23 heavy (non-hydrogen) atoms. The summed E-state index contributed by atoms with van der Waals surface area (Å²) in [5.41, 5.74) is 0. The van der Waals surface area contributed by atoms with Gasteiger partial charge in [-0.15, -0.1) is 11.3 Å². The first kappa shape index (κ1) is 16.0. The van der Waals surface area contributed by atoms with Crippen molar-refractivity contribution < 1.29 is 9.59 Å². The number of pyridine rings is 1. The van der Waals surface area contributed by atoms with Crippen LogP contribution in [0.15, 0.2) is 35.8 Å². The van der Waals surface area contributed by atoms with Crippen LogP contribution in [-0.4, -0.2) is 34.8 Å². The molecule has 0 radical (unpaired) electrons. The van der Waals surface area contributed by atoms with Crippen molar-refractivity contribution in [3.63, 3.8) is 0 Å². The molecule has 0 saturated carbocycles. The summed E-state index contributed by atoms with van der Waals surface area (Å²) >= 11 is 7.22. The number of carbonyl (C=O) groups excluding carboxylic acids is 2. The van der Waals surface area contributed by atoms with E-state index in [1.54, 1.807) is 12.1 Å². The molecule has 5 nitrogen and oxygen atoms in total. The van der Waals surface area contributed by atoms with Crippen molar-refractivity contribution in [1.82, 2.24) is 9.88 Å². The highest BCUT2D eigenvalue weighted by Gasteiger charge is 2.28. The van der Waals surface area contributed by atoms with Crippen LogP contribution in [0.1, 0.15) is 22.5 Å². The van der Waals surface area contributed by atoms with E-state index in [0.717, 1.165) is 4.88 Å². The van der Waals surface area contributed by atoms with Gasteiger partial charge in [-0.25, -0.2) is 4.98 Å². The largest absolute Gasteiger partial charge is 0.338 e. The van der Waals surface area contributed by atoms with Gasteiger partial charge in [-0.05, 0) is 36.4 Å². The average molecular weight is 350 g/mol. The lowest BCUT2D eigenvalue weighted by molar-refractivity contribution is -0.121. The number of rotatable bonds is 3. The number of likely N-dealkylation sites (tertiary alicyclic amines) is 1. The van der Waals surface area contributed by atoms with Crippen molar-refractivity contribution in [2.24, 2.45) is 5.92 Å². The Kier molecular flexibility index (Phi) is 4.93. The number of nitrogens with zero attached hydrogens (tertiary/aromatic N) is 2. The maximum absolute atomic E-state index is 12.3. The molecular formula is C16H16ClN3O2S. The molecule has 1 N–H and O–H groups in total. The number of nitrogens with one attached hydrogen (secondary N) is 1. The second kappa shape index (κ2) is 7.10. The van der Waals surface area contributed by atoms with Crippen LogP contribution in [0, 0.1) is 5.92 Å². The monoisotopic (exact) mass is 349 g/mol. The second-order valence-corrected chi connectivity index (χ2v) is 6.78. The molecule has 1 aliphatic rings. The number of anilines is 1. The fourth-order valence-electron chi connectivity index (χ4n) is 2.58. The predicted molar refractivity (Wildman–Crippen MR) is 90.8 cm³/mol. The van der Waals surface area contributed by atoms with Crippen LogP contribution in [0.5, 0.6) is 0 Å². The van der Waals surface area contributed by atoms with Gasteiger partial charge < -0.3 is 10.2 Å². The molecule has 0 unspecified atom stereocenters. The summed E-state index contributed by atoms with van der Waals surface area (Å²) in [6.45, 7) is 1.20. The summed E-state index contributed by atoms with van der Waals surface area (Å²) in [7, 11) is 0. The van der Waals surface area contributed by atoms with Crippen molar-refractivity contribution in [1.29, 1.82) is 0 Å². The Morgan fingerprint density at radius 1 is 1.26 bits per heavy atom. The summed E-state index contributed by atoms with van der Waals surface area (Å²) in [4.78, 5) is 31.2. The highest BCUT2D eigenvalue weighted by molar-refractivity contribution is 7.12. The predicted octanol–water partition coefficient (Wildman–Crippen LogP) is 3.29. The van der Waals surface area contributed by atoms with Crippen LogP contribution >= 0.6 is 22.9 Å². The number of thiophene rings is 1. The van der Waals surface area contributed by atoms with E-state index < -0.39 is 0 Å². The molecule has 3 rings (SSSR count). The van der Waals surface area contributed by atoms with Crippen LogP contribution < -0.4 is 5.32 Å². The number of piperidine rings is 1. The minimum Gasteiger partial charge on any atom is -0.338 e. The molecule has 0 atom stereocenters. The third kappa shape index (κ3) is 3.89. The molecule has 2 amide bonds. The summed E-state index contributed by atoms with van der Waals surface area (Å²) in [6, 6.07) is 7.07. The van der Waals surface area contributed by atoms with Gasteiger partial charge in [0.15, 0.2) is 0 Å². The van der Waals surface area contributed by atoms with E-state index in [0.29, 0.717) is 36.8 Å². The Labute approximate surface area is 143 Å². The molecule has 0 aliphatic carbocycles. The quantitative estimate of drug-likeness (QED) is 0.924. The van der Waals surface area contributed by atoms with E-state index in [1.165, 1.54) is 17.5 Å². The lowest BCUT2D eigenvalue weighted by Crippen LogP contribution is -2.41. The topological polar surface area (TPSA) is 62.3 Å². The van der Waals surface area contributed by atoms with E-state index in [9.17, 15) is 9.59 Å². The van der Waals surface area contributed by atoms with Gasteiger partial charge in [0.2, 0.25) is 5.91 Å². The molecular weight excluding hydrogens is 334 g/mol. The molecule has 2 aromatic rings. The summed E-state index contributed by atoms with van der Waals surface area (Å²) in [5.74, 6) is 0.401. The summed E-state index contributed by atoms with van der Waals surface area (Å²) < 4.78 is 0. The molecule has 0 bridgehead atoms. The number of hydrogen-bond donors (Lipinski definition) is 1. The Morgan fingerprint density at radius 2 is 2.04 bits per heavy atom. The molecule has 3 heterocycles. The van der Waals surface area contributed by atoms with E-state index in [1.807, 2.05) is 22.4 Å². The first-order valence-corrected chi connectivity index (χ1v) is 8.64. The van der Waals surface area contributed by atoms with Gasteiger partial charge in [-0.3, -0.25) is 9.59 Å². The van der Waals surface area contributed by atoms with Crippen molar-refractivity contribution in [2.45, 2.75) is 12.8 Å². The minimum atomic E-state index is -0.0973. The molecule has 1 aliphatic heterocycles. The Bertz CT molecular complexity index is 680. The second-order valence-electron chi connectivity index (χ2n) is 5.39. The zero-order valence-electron chi connectivity index (χ0n) is 12.4. The van der Waals surface area contributed by atoms with Crippen molar-refractivity contribution >= 4 is 40.6 Å². The molecule has 0 aromatic carbocycles. The minimum absolute atomic E-state index is 0.0527. The standard InChI is InChI=1S/C16H16ClN3O2S/c17-12-3-4-14(18-10-12)19-15(21)11-5-7-20(8-6-11)16(22)13-2-1-9-23-13/h1-4,9-11H,5-8H2,(H,18,19,21). The number of amides is 2. The number of carbonyl (C=O) groups is 2. The van der Waals surface area contributed by atoms with E-state index in [2.05, 4.69) is 10.3 Å². The smallest absolute Gasteiger partial charge is 0.263 e. The zero-order chi connectivity index (χ0) is 16.2. The molecule has 1 saturated heterocycles. The van der Waals surface area contributed by atoms with E-state index in [4.69, 9.17) is 11.6 Å². The van der Waals surface area contributed by atoms with Gasteiger partial charge in [0, 0.05) is 25.2 Å². The molecule has 120 valence electrons. The lowest BCUT2D eigenvalue weighted by atomic mass is 9.96. The summed E-state index contributed by atoms with van der Waals surface area (Å²) in [5, 5.41) is 5.23. The molecule has 1 fully saturated rings. The number of hydrogen-bond acceptors (Lipinski definition) is 4. The highest BCUT2D eigenvalue weighted by Crippen LogP contribution is 2.22. The molecule has 0 spiro atoms. The fourth-order valence-corrected chi connectivity index (χ4v) is 3.38. The van der Waals surface area contributed by atoms with Crippen LogP contribution in [0.4, 0.5) is 5.82 Å². The van der Waals surface area contributed by atoms with Crippen molar-refractivity contribution in [3.05, 3.63) is 45.7 Å². The fraction of sp³-hybridized carbons (Fsp3) is 0.312. The van der Waals surface area contributed by atoms with Crippen molar-refractivity contribution in [3.8, 4) is 0 Å². The van der Waals surface area contributed by atoms with Crippen LogP contribution in [0.3, 0.4) is 0 Å². The molecule has 7 heteroatoms. The maximum atomic E-state index is 12.3. The maximum Gasteiger partial charge on any atom is 0.263 e. The molecule has 2 aromatic heterocycles. The van der Waals surface area contributed by atoms with Crippen LogP contribution in [0.2, 0.25) is 5.02 Å². The van der Waals surface area contributed by atoms with Crippen LogP contribution in [-0.2, 0) is 4.79 Å². The number of aromatic nitrogens is 1. The van der Waals surface area contributed by atoms with E-state index in [-0.39, 0.29) is 17.7 Å². The Hall–Kier alpha value is -1.92. The first-order chi connectivity index (χ1) is 11.1. The van der Waals surface area contributed by atoms with Gasteiger partial charge in [-0.1, -0.05) is 17.7 Å². The number of halogens is 1. The van der Waals surface area contributed by atoms with Gasteiger partial charge in [0.25, 0.3) is 5.91 Å². The zero-order valence-corrected chi connectivity index (χ0v) is 13.9. The highest BCUT2D eigenvalue weighted by atomic mass is 35.5. The van der Waals surface area contributed by atoms with Gasteiger partial charge in [-0.2, -0.15) is 0 Å². The van der Waals surface area contributed by atoms with Gasteiger partial charge >= 0.3 is 0 Å². The SMILES string of the molecule is O=C(Nc1ccc(Cl)cn1)C1CCN(C(=O)c2cccs2)CC1. The first-order valence-electron chi connectivity index (χ1n) is 7.38. The van der Waals surface area contributed by atoms with Crippen LogP contribution in [0.25, 0.3) is 0 Å². The van der Waals surface area contributed by atoms with Gasteiger partial charge in [0.1, 0.15) is 5.82 Å². The van der Waals surface area contributed by atoms with Gasteiger partial charge in [0.05, 0.1) is 9.90 Å². The van der Waals surface area contributed by atoms with Crippen molar-refractivity contribution in [2.75, 3.05) is 18.4 Å². The average Bonchev–Trinajstić information content (AvgIpc) is 3.11. The third-order valence-electron chi connectivity index (χ3n) is 3.86. The Morgan fingerprint density at radius 3 is 2.65 bits per heavy atom.